The zero-order chi connectivity index (χ0) is 5.86. The van der Waals surface area contributed by atoms with Crippen LogP contribution in [-0.4, -0.2) is 17.2 Å². The number of amides is 1. The molecule has 1 radical (unpaired) electrons. The van der Waals surface area contributed by atoms with Gasteiger partial charge in [0.25, 0.3) is 0 Å². The van der Waals surface area contributed by atoms with E-state index < -0.39 is 6.23 Å². The van der Waals surface area contributed by atoms with Crippen molar-refractivity contribution in [2.75, 3.05) is 0 Å². The highest BCUT2D eigenvalue weighted by atomic mass is 16.3. The molecule has 0 aliphatic carbocycles. The van der Waals surface area contributed by atoms with Crippen molar-refractivity contribution in [3.63, 3.8) is 0 Å². The standard InChI is InChI=1S/C4H8NO2/c1-3(6)5-4(2)7/h3,6H,1H2,2H3,(H,5,7). The smallest absolute Gasteiger partial charge is 0.218 e. The maximum Gasteiger partial charge on any atom is 0.218 e. The molecule has 7 heavy (non-hydrogen) atoms. The van der Waals surface area contributed by atoms with E-state index in [1.165, 1.54) is 6.92 Å². The van der Waals surface area contributed by atoms with Crippen molar-refractivity contribution in [3.05, 3.63) is 6.92 Å². The van der Waals surface area contributed by atoms with Gasteiger partial charge in [-0.1, -0.05) is 0 Å². The number of hydrogen-bond acceptors (Lipinski definition) is 2. The second-order valence-electron chi connectivity index (χ2n) is 1.22. The Morgan fingerprint density at radius 1 is 2.00 bits per heavy atom. The topological polar surface area (TPSA) is 49.3 Å². The van der Waals surface area contributed by atoms with Crippen LogP contribution in [0.2, 0.25) is 0 Å². The zero-order valence-corrected chi connectivity index (χ0v) is 4.14. The first kappa shape index (κ1) is 6.43. The van der Waals surface area contributed by atoms with Crippen LogP contribution in [0.5, 0.6) is 0 Å². The average Bonchev–Trinajstić information content (AvgIpc) is 1.27. The summed E-state index contributed by atoms with van der Waals surface area (Å²) in [6.07, 6.45) is -0.975. The maximum atomic E-state index is 9.94. The van der Waals surface area contributed by atoms with Crippen LogP contribution in [0.1, 0.15) is 6.92 Å². The molecule has 3 heteroatoms. The molecule has 0 heterocycles. The molecule has 0 aliphatic rings. The van der Waals surface area contributed by atoms with Gasteiger partial charge in [-0.05, 0) is 6.92 Å². The van der Waals surface area contributed by atoms with E-state index in [0.717, 1.165) is 0 Å². The van der Waals surface area contributed by atoms with Crippen LogP contribution in [0.15, 0.2) is 0 Å². The number of nitrogens with one attached hydrogen (secondary N) is 1. The van der Waals surface area contributed by atoms with Gasteiger partial charge in [-0.15, -0.1) is 0 Å². The van der Waals surface area contributed by atoms with Gasteiger partial charge in [-0.2, -0.15) is 0 Å². The lowest BCUT2D eigenvalue weighted by Gasteiger charge is -2.00. The van der Waals surface area contributed by atoms with E-state index in [2.05, 4.69) is 12.2 Å². The highest BCUT2D eigenvalue weighted by Crippen LogP contribution is 1.67. The number of carbonyl (C=O) groups excluding carboxylic acids is 1. The Morgan fingerprint density at radius 2 is 2.43 bits per heavy atom. The normalized spacial score (nSPS) is 13.0. The number of aliphatic hydroxyl groups excluding tert-OH is 1. The lowest BCUT2D eigenvalue weighted by Crippen LogP contribution is -2.29. The lowest BCUT2D eigenvalue weighted by atomic mass is 10.6. The number of hydrogen-bond donors (Lipinski definition) is 2. The molecule has 0 aromatic carbocycles. The van der Waals surface area contributed by atoms with Crippen LogP contribution >= 0.6 is 0 Å². The molecule has 0 rings (SSSR count). The fraction of sp³-hybridized carbons (Fsp3) is 0.500. The molecule has 0 spiro atoms. The summed E-state index contributed by atoms with van der Waals surface area (Å²) in [5.74, 6) is -0.275. The molecule has 0 bridgehead atoms. The van der Waals surface area contributed by atoms with Gasteiger partial charge >= 0.3 is 0 Å². The van der Waals surface area contributed by atoms with E-state index in [1.807, 2.05) is 0 Å². The minimum absolute atomic E-state index is 0.275. The van der Waals surface area contributed by atoms with Gasteiger partial charge in [0.05, 0.1) is 0 Å². The molecule has 1 atom stereocenters. The Morgan fingerprint density at radius 3 is 2.43 bits per heavy atom. The van der Waals surface area contributed by atoms with E-state index in [9.17, 15) is 4.79 Å². The van der Waals surface area contributed by atoms with Crippen molar-refractivity contribution in [2.45, 2.75) is 13.2 Å². The van der Waals surface area contributed by atoms with Crippen LogP contribution in [0.25, 0.3) is 0 Å². The summed E-state index contributed by atoms with van der Waals surface area (Å²) in [6, 6.07) is 0. The summed E-state index contributed by atoms with van der Waals surface area (Å²) in [4.78, 5) is 9.94. The van der Waals surface area contributed by atoms with Crippen molar-refractivity contribution in [1.29, 1.82) is 0 Å². The second kappa shape index (κ2) is 2.58. The third-order valence-electron chi connectivity index (χ3n) is 0.370. The van der Waals surface area contributed by atoms with Crippen LogP contribution in [0, 0.1) is 6.92 Å². The Labute approximate surface area is 42.3 Å². The molecule has 0 aliphatic heterocycles. The van der Waals surface area contributed by atoms with Crippen LogP contribution in [0.3, 0.4) is 0 Å². The van der Waals surface area contributed by atoms with Gasteiger partial charge < -0.3 is 10.4 Å². The maximum absolute atomic E-state index is 9.94. The largest absolute Gasteiger partial charge is 0.374 e. The highest BCUT2D eigenvalue weighted by Gasteiger charge is 1.92. The minimum Gasteiger partial charge on any atom is -0.374 e. The molecule has 1 unspecified atom stereocenters. The van der Waals surface area contributed by atoms with E-state index in [1.54, 1.807) is 0 Å². The van der Waals surface area contributed by atoms with Crippen molar-refractivity contribution >= 4 is 5.91 Å². The zero-order valence-electron chi connectivity index (χ0n) is 4.14. The Balaban J connectivity index is 3.13. The Kier molecular flexibility index (Phi) is 2.37. The fourth-order valence-electron chi connectivity index (χ4n) is 0.235. The van der Waals surface area contributed by atoms with Gasteiger partial charge in [0, 0.05) is 6.92 Å². The third kappa shape index (κ3) is 5.43. The van der Waals surface area contributed by atoms with Crippen molar-refractivity contribution < 1.29 is 9.90 Å². The summed E-state index contributed by atoms with van der Waals surface area (Å²) < 4.78 is 0. The SMILES string of the molecule is [CH2]C(O)NC(C)=O. The van der Waals surface area contributed by atoms with Crippen molar-refractivity contribution in [1.82, 2.24) is 5.32 Å². The van der Waals surface area contributed by atoms with E-state index in [0.29, 0.717) is 0 Å². The third-order valence-corrected chi connectivity index (χ3v) is 0.370. The van der Waals surface area contributed by atoms with Gasteiger partial charge in [0.1, 0.15) is 6.23 Å². The van der Waals surface area contributed by atoms with Crippen LogP contribution < -0.4 is 5.32 Å². The monoisotopic (exact) mass is 102 g/mol. The van der Waals surface area contributed by atoms with Crippen LogP contribution in [0.4, 0.5) is 0 Å². The van der Waals surface area contributed by atoms with Crippen molar-refractivity contribution in [3.8, 4) is 0 Å². The highest BCUT2D eigenvalue weighted by molar-refractivity contribution is 5.72. The Hall–Kier alpha value is -0.570. The second-order valence-corrected chi connectivity index (χ2v) is 1.22. The molecular formula is C4H8NO2. The fourth-order valence-corrected chi connectivity index (χ4v) is 0.235. The summed E-state index contributed by atoms with van der Waals surface area (Å²) in [6.45, 7) is 4.42. The summed E-state index contributed by atoms with van der Waals surface area (Å²) >= 11 is 0. The Bertz CT molecular complexity index is 70.1. The van der Waals surface area contributed by atoms with Gasteiger partial charge in [-0.25, -0.2) is 0 Å². The van der Waals surface area contributed by atoms with E-state index in [4.69, 9.17) is 5.11 Å². The molecule has 0 saturated carbocycles. The molecule has 41 valence electrons. The van der Waals surface area contributed by atoms with Gasteiger partial charge in [0.2, 0.25) is 5.91 Å². The predicted octanol–water partition coefficient (Wildman–Crippen LogP) is -0.725. The van der Waals surface area contributed by atoms with E-state index in [-0.39, 0.29) is 5.91 Å². The summed E-state index contributed by atoms with van der Waals surface area (Å²) in [5.41, 5.74) is 0. The minimum atomic E-state index is -0.975. The molecule has 0 saturated heterocycles. The number of aliphatic hydroxyl groups is 1. The van der Waals surface area contributed by atoms with E-state index >= 15 is 0 Å². The molecule has 2 N–H and O–H groups in total. The first-order valence-electron chi connectivity index (χ1n) is 1.91. The quantitative estimate of drug-likeness (QED) is 0.429. The molecule has 0 fully saturated rings. The van der Waals surface area contributed by atoms with Gasteiger partial charge in [-0.3, -0.25) is 4.79 Å². The predicted molar refractivity (Wildman–Crippen MR) is 25.2 cm³/mol. The molecule has 0 aromatic rings. The molecule has 0 aromatic heterocycles. The number of rotatable bonds is 1. The average molecular weight is 102 g/mol. The molecule has 1 amide bonds. The van der Waals surface area contributed by atoms with Crippen molar-refractivity contribution in [2.24, 2.45) is 0 Å². The molecular weight excluding hydrogens is 94.0 g/mol. The van der Waals surface area contributed by atoms with Crippen LogP contribution in [-0.2, 0) is 4.79 Å². The molecule has 3 nitrogen and oxygen atoms in total. The summed E-state index contributed by atoms with van der Waals surface area (Å²) in [5, 5.41) is 10.4. The number of carbonyl (C=O) groups is 1. The van der Waals surface area contributed by atoms with Gasteiger partial charge in [0.15, 0.2) is 0 Å². The first-order chi connectivity index (χ1) is 3.13. The summed E-state index contributed by atoms with van der Waals surface area (Å²) in [7, 11) is 0. The lowest BCUT2D eigenvalue weighted by molar-refractivity contribution is -0.121. The first-order valence-corrected chi connectivity index (χ1v) is 1.91.